The van der Waals surface area contributed by atoms with E-state index in [0.717, 1.165) is 22.4 Å². The number of rotatable bonds is 9. The summed E-state index contributed by atoms with van der Waals surface area (Å²) in [5, 5.41) is 3.56. The van der Waals surface area contributed by atoms with Crippen LogP contribution in [0.15, 0.2) is 53.4 Å². The van der Waals surface area contributed by atoms with E-state index in [0.29, 0.717) is 18.1 Å². The van der Waals surface area contributed by atoms with Crippen molar-refractivity contribution in [3.63, 3.8) is 0 Å². The zero-order valence-corrected chi connectivity index (χ0v) is 18.1. The lowest BCUT2D eigenvalue weighted by atomic mass is 10.1. The van der Waals surface area contributed by atoms with Crippen LogP contribution in [0, 0.1) is 6.92 Å². The number of carbonyl (C=O) groups excluding carboxylic acids is 2. The molecule has 28 heavy (non-hydrogen) atoms. The molecule has 0 aliphatic carbocycles. The molecule has 2 aromatic carbocycles. The minimum atomic E-state index is -0.538. The van der Waals surface area contributed by atoms with Crippen molar-refractivity contribution in [2.24, 2.45) is 0 Å². The number of nitrogens with zero attached hydrogens (tertiary/aromatic N) is 1. The molecule has 0 spiro atoms. The van der Waals surface area contributed by atoms with Crippen LogP contribution in [0.4, 0.5) is 0 Å². The standard InChI is InChI=1S/C22H27ClN2O2S/c1-4-13-24-22(27)17(3)25(14-18-8-6-5-7-16(18)2)21(26)15-28-20-11-9-19(23)10-12-20/h5-12,17H,4,13-15H2,1-3H3,(H,24,27)/t17-/m1/s1. The maximum atomic E-state index is 13.0. The Balaban J connectivity index is 2.13. The Morgan fingerprint density at radius 1 is 1.14 bits per heavy atom. The van der Waals surface area contributed by atoms with Gasteiger partial charge in [-0.1, -0.05) is 42.8 Å². The monoisotopic (exact) mass is 418 g/mol. The van der Waals surface area contributed by atoms with E-state index in [1.807, 2.05) is 50.2 Å². The van der Waals surface area contributed by atoms with E-state index in [1.165, 1.54) is 11.8 Å². The first-order chi connectivity index (χ1) is 13.4. The van der Waals surface area contributed by atoms with E-state index >= 15 is 0 Å². The van der Waals surface area contributed by atoms with Gasteiger partial charge < -0.3 is 10.2 Å². The van der Waals surface area contributed by atoms with Gasteiger partial charge in [-0.3, -0.25) is 9.59 Å². The van der Waals surface area contributed by atoms with Gasteiger partial charge in [-0.25, -0.2) is 0 Å². The number of hydrogen-bond acceptors (Lipinski definition) is 3. The van der Waals surface area contributed by atoms with Crippen LogP contribution in [0.5, 0.6) is 0 Å². The van der Waals surface area contributed by atoms with Gasteiger partial charge in [-0.2, -0.15) is 0 Å². The molecule has 2 aromatic rings. The number of nitrogens with one attached hydrogen (secondary N) is 1. The molecular formula is C22H27ClN2O2S. The van der Waals surface area contributed by atoms with E-state index in [1.54, 1.807) is 24.0 Å². The van der Waals surface area contributed by atoms with Gasteiger partial charge in [0.15, 0.2) is 0 Å². The van der Waals surface area contributed by atoms with Gasteiger partial charge in [0, 0.05) is 23.0 Å². The van der Waals surface area contributed by atoms with Crippen molar-refractivity contribution in [3.05, 3.63) is 64.7 Å². The fourth-order valence-corrected chi connectivity index (χ4v) is 3.62. The number of benzene rings is 2. The molecule has 0 aliphatic heterocycles. The number of amides is 2. The first-order valence-electron chi connectivity index (χ1n) is 9.42. The second-order valence-corrected chi connectivity index (χ2v) is 8.14. The highest BCUT2D eigenvalue weighted by molar-refractivity contribution is 8.00. The summed E-state index contributed by atoms with van der Waals surface area (Å²) in [6.07, 6.45) is 0.858. The molecule has 1 N–H and O–H groups in total. The van der Waals surface area contributed by atoms with Gasteiger partial charge in [0.05, 0.1) is 5.75 Å². The SMILES string of the molecule is CCCNC(=O)[C@@H](C)N(Cc1ccccc1C)C(=O)CSc1ccc(Cl)cc1. The van der Waals surface area contributed by atoms with Gasteiger partial charge in [0.1, 0.15) is 6.04 Å². The summed E-state index contributed by atoms with van der Waals surface area (Å²) >= 11 is 7.36. The minimum Gasteiger partial charge on any atom is -0.354 e. The quantitative estimate of drug-likeness (QED) is 0.601. The first kappa shape index (κ1) is 22.3. The molecule has 0 heterocycles. The van der Waals surface area contributed by atoms with Crippen LogP contribution < -0.4 is 5.32 Å². The minimum absolute atomic E-state index is 0.0673. The average molecular weight is 419 g/mol. The molecule has 0 bridgehead atoms. The smallest absolute Gasteiger partial charge is 0.242 e. The lowest BCUT2D eigenvalue weighted by Crippen LogP contribution is -2.48. The molecule has 1 atom stereocenters. The third-order valence-corrected chi connectivity index (χ3v) is 5.74. The van der Waals surface area contributed by atoms with E-state index in [2.05, 4.69) is 5.32 Å². The van der Waals surface area contributed by atoms with Crippen molar-refractivity contribution >= 4 is 35.2 Å². The molecule has 0 saturated heterocycles. The van der Waals surface area contributed by atoms with Crippen molar-refractivity contribution in [3.8, 4) is 0 Å². The molecule has 6 heteroatoms. The van der Waals surface area contributed by atoms with Crippen LogP contribution in [0.2, 0.25) is 5.02 Å². The van der Waals surface area contributed by atoms with Crippen LogP contribution in [-0.2, 0) is 16.1 Å². The Morgan fingerprint density at radius 3 is 2.46 bits per heavy atom. The highest BCUT2D eigenvalue weighted by Gasteiger charge is 2.26. The summed E-state index contributed by atoms with van der Waals surface area (Å²) in [6.45, 7) is 6.82. The van der Waals surface area contributed by atoms with Crippen LogP contribution >= 0.6 is 23.4 Å². The normalized spacial score (nSPS) is 11.7. The van der Waals surface area contributed by atoms with Crippen molar-refractivity contribution in [2.75, 3.05) is 12.3 Å². The summed E-state index contributed by atoms with van der Waals surface area (Å²) in [7, 11) is 0. The zero-order chi connectivity index (χ0) is 20.5. The Morgan fingerprint density at radius 2 is 1.82 bits per heavy atom. The lowest BCUT2D eigenvalue weighted by Gasteiger charge is -2.29. The largest absolute Gasteiger partial charge is 0.354 e. The number of thioether (sulfide) groups is 1. The first-order valence-corrected chi connectivity index (χ1v) is 10.8. The molecule has 0 radical (unpaired) electrons. The third kappa shape index (κ3) is 6.57. The Bertz CT molecular complexity index is 795. The van der Waals surface area contributed by atoms with Crippen molar-refractivity contribution in [1.29, 1.82) is 0 Å². The van der Waals surface area contributed by atoms with E-state index in [-0.39, 0.29) is 17.6 Å². The van der Waals surface area contributed by atoms with E-state index in [9.17, 15) is 9.59 Å². The fourth-order valence-electron chi connectivity index (χ4n) is 2.71. The predicted octanol–water partition coefficient (Wildman–Crippen LogP) is 4.68. The van der Waals surface area contributed by atoms with Crippen molar-refractivity contribution in [2.45, 2.75) is 44.7 Å². The van der Waals surface area contributed by atoms with Gasteiger partial charge in [0.25, 0.3) is 0 Å². The average Bonchev–Trinajstić information content (AvgIpc) is 2.70. The Kier molecular flexibility index (Phi) is 8.87. The second kappa shape index (κ2) is 11.1. The lowest BCUT2D eigenvalue weighted by molar-refractivity contribution is -0.138. The van der Waals surface area contributed by atoms with Gasteiger partial charge in [0.2, 0.25) is 11.8 Å². The number of carbonyl (C=O) groups is 2. The molecule has 0 unspecified atom stereocenters. The third-order valence-electron chi connectivity index (χ3n) is 4.49. The van der Waals surface area contributed by atoms with Crippen LogP contribution in [0.3, 0.4) is 0 Å². The van der Waals surface area contributed by atoms with Gasteiger partial charge in [-0.05, 0) is 55.7 Å². The molecular weight excluding hydrogens is 392 g/mol. The van der Waals surface area contributed by atoms with Gasteiger partial charge >= 0.3 is 0 Å². The highest BCUT2D eigenvalue weighted by atomic mass is 35.5. The fraction of sp³-hybridized carbons (Fsp3) is 0.364. The second-order valence-electron chi connectivity index (χ2n) is 6.66. The maximum absolute atomic E-state index is 13.0. The molecule has 2 amide bonds. The van der Waals surface area contributed by atoms with Crippen LogP contribution in [0.25, 0.3) is 0 Å². The van der Waals surface area contributed by atoms with Gasteiger partial charge in [-0.15, -0.1) is 11.8 Å². The molecule has 2 rings (SSSR count). The molecule has 150 valence electrons. The van der Waals surface area contributed by atoms with Crippen LogP contribution in [-0.4, -0.2) is 35.1 Å². The topological polar surface area (TPSA) is 49.4 Å². The summed E-state index contributed by atoms with van der Waals surface area (Å²) in [5.74, 6) is 0.0708. The zero-order valence-electron chi connectivity index (χ0n) is 16.6. The molecule has 0 aliphatic rings. The maximum Gasteiger partial charge on any atom is 0.242 e. The number of halogens is 1. The van der Waals surface area contributed by atoms with Crippen molar-refractivity contribution in [1.82, 2.24) is 10.2 Å². The Labute approximate surface area is 176 Å². The Hall–Kier alpha value is -1.98. The summed E-state index contributed by atoms with van der Waals surface area (Å²) in [4.78, 5) is 28.2. The predicted molar refractivity (Wildman–Crippen MR) is 117 cm³/mol. The number of hydrogen-bond donors (Lipinski definition) is 1. The number of aryl methyl sites for hydroxylation is 1. The molecule has 0 fully saturated rings. The van der Waals surface area contributed by atoms with Crippen molar-refractivity contribution < 1.29 is 9.59 Å². The summed E-state index contributed by atoms with van der Waals surface area (Å²) < 4.78 is 0. The van der Waals surface area contributed by atoms with E-state index < -0.39 is 6.04 Å². The summed E-state index contributed by atoms with van der Waals surface area (Å²) in [5.41, 5.74) is 2.15. The molecule has 4 nitrogen and oxygen atoms in total. The highest BCUT2D eigenvalue weighted by Crippen LogP contribution is 2.22. The van der Waals surface area contributed by atoms with E-state index in [4.69, 9.17) is 11.6 Å². The van der Waals surface area contributed by atoms with Crippen LogP contribution in [0.1, 0.15) is 31.4 Å². The molecule has 0 aromatic heterocycles. The summed E-state index contributed by atoms with van der Waals surface area (Å²) in [6, 6.07) is 14.8. The molecule has 0 saturated carbocycles.